The van der Waals surface area contributed by atoms with Crippen molar-refractivity contribution < 1.29 is 9.18 Å². The average molecular weight is 255 g/mol. The Kier molecular flexibility index (Phi) is 3.59. The SMILES string of the molecule is O=C(NC1CCCCC1)c1[nH]c(=O)[nH]c(=O)c1F. The number of carbonyl (C=O) groups is 1. The van der Waals surface area contributed by atoms with Gasteiger partial charge in [-0.1, -0.05) is 19.3 Å². The molecular weight excluding hydrogens is 241 g/mol. The van der Waals surface area contributed by atoms with E-state index >= 15 is 0 Å². The number of amides is 1. The van der Waals surface area contributed by atoms with Crippen LogP contribution in [0.5, 0.6) is 0 Å². The molecule has 0 spiro atoms. The van der Waals surface area contributed by atoms with Crippen molar-refractivity contribution in [1.82, 2.24) is 15.3 Å². The topological polar surface area (TPSA) is 94.8 Å². The van der Waals surface area contributed by atoms with Gasteiger partial charge in [0.25, 0.3) is 11.5 Å². The normalized spacial score (nSPS) is 16.5. The van der Waals surface area contributed by atoms with E-state index in [1.807, 2.05) is 4.98 Å². The molecule has 1 fully saturated rings. The van der Waals surface area contributed by atoms with Gasteiger partial charge in [0.2, 0.25) is 5.82 Å². The molecule has 1 aliphatic carbocycles. The molecule has 1 aromatic rings. The minimum absolute atomic E-state index is 0.0200. The van der Waals surface area contributed by atoms with Gasteiger partial charge in [0.15, 0.2) is 0 Å². The molecule has 0 unspecified atom stereocenters. The summed E-state index contributed by atoms with van der Waals surface area (Å²) in [6.45, 7) is 0. The Morgan fingerprint density at radius 3 is 2.50 bits per heavy atom. The molecule has 0 saturated heterocycles. The van der Waals surface area contributed by atoms with Crippen LogP contribution in [0.15, 0.2) is 9.59 Å². The maximum atomic E-state index is 13.4. The highest BCUT2D eigenvalue weighted by molar-refractivity contribution is 5.92. The summed E-state index contributed by atoms with van der Waals surface area (Å²) in [5, 5.41) is 2.63. The number of hydrogen-bond donors (Lipinski definition) is 3. The summed E-state index contributed by atoms with van der Waals surface area (Å²) < 4.78 is 13.4. The van der Waals surface area contributed by atoms with Crippen LogP contribution in [0.1, 0.15) is 42.6 Å². The second kappa shape index (κ2) is 5.16. The van der Waals surface area contributed by atoms with Crippen molar-refractivity contribution in [2.24, 2.45) is 0 Å². The van der Waals surface area contributed by atoms with Crippen LogP contribution in [0.3, 0.4) is 0 Å². The Morgan fingerprint density at radius 2 is 1.83 bits per heavy atom. The average Bonchev–Trinajstić information content (AvgIpc) is 2.35. The van der Waals surface area contributed by atoms with E-state index in [2.05, 4.69) is 5.32 Å². The first-order chi connectivity index (χ1) is 8.58. The van der Waals surface area contributed by atoms with E-state index in [1.165, 1.54) is 0 Å². The van der Waals surface area contributed by atoms with E-state index in [9.17, 15) is 18.8 Å². The largest absolute Gasteiger partial charge is 0.348 e. The lowest BCUT2D eigenvalue weighted by molar-refractivity contribution is 0.0917. The molecular formula is C11H14FN3O3. The van der Waals surface area contributed by atoms with E-state index in [1.54, 1.807) is 4.98 Å². The first-order valence-corrected chi connectivity index (χ1v) is 5.91. The van der Waals surface area contributed by atoms with Gasteiger partial charge in [-0.3, -0.25) is 14.6 Å². The summed E-state index contributed by atoms with van der Waals surface area (Å²) in [7, 11) is 0. The number of halogens is 1. The molecule has 0 aliphatic heterocycles. The van der Waals surface area contributed by atoms with Crippen molar-refractivity contribution in [2.45, 2.75) is 38.1 Å². The molecule has 1 aliphatic rings. The lowest BCUT2D eigenvalue weighted by Gasteiger charge is -2.22. The standard InChI is InChI=1S/C11H14FN3O3/c12-7-8(14-11(18)15-9(7)16)10(17)13-6-4-2-1-3-5-6/h6H,1-5H2,(H,13,17)(H2,14,15,16,18). The fraction of sp³-hybridized carbons (Fsp3) is 0.545. The van der Waals surface area contributed by atoms with Gasteiger partial charge < -0.3 is 10.3 Å². The fourth-order valence-electron chi connectivity index (χ4n) is 2.13. The summed E-state index contributed by atoms with van der Waals surface area (Å²) in [5.74, 6) is -2.01. The maximum Gasteiger partial charge on any atom is 0.326 e. The van der Waals surface area contributed by atoms with Gasteiger partial charge in [-0.2, -0.15) is 4.39 Å². The zero-order chi connectivity index (χ0) is 13.1. The second-order valence-electron chi connectivity index (χ2n) is 4.41. The van der Waals surface area contributed by atoms with Crippen molar-refractivity contribution in [3.8, 4) is 0 Å². The third-order valence-electron chi connectivity index (χ3n) is 3.05. The third-order valence-corrected chi connectivity index (χ3v) is 3.05. The van der Waals surface area contributed by atoms with Gasteiger partial charge in [-0.15, -0.1) is 0 Å². The monoisotopic (exact) mass is 255 g/mol. The predicted octanol–water partition coefficient (Wildman–Crippen LogP) is 0.265. The highest BCUT2D eigenvalue weighted by Crippen LogP contribution is 2.17. The first kappa shape index (κ1) is 12.5. The molecule has 6 nitrogen and oxygen atoms in total. The Morgan fingerprint density at radius 1 is 1.17 bits per heavy atom. The minimum atomic E-state index is -1.26. The maximum absolute atomic E-state index is 13.4. The predicted molar refractivity (Wildman–Crippen MR) is 62.0 cm³/mol. The lowest BCUT2D eigenvalue weighted by atomic mass is 9.95. The second-order valence-corrected chi connectivity index (χ2v) is 4.41. The summed E-state index contributed by atoms with van der Waals surface area (Å²) >= 11 is 0. The van der Waals surface area contributed by atoms with Gasteiger partial charge in [0.1, 0.15) is 5.69 Å². The van der Waals surface area contributed by atoms with Crippen LogP contribution in [-0.4, -0.2) is 21.9 Å². The molecule has 98 valence electrons. The van der Waals surface area contributed by atoms with Gasteiger partial charge in [0, 0.05) is 6.04 Å². The van der Waals surface area contributed by atoms with E-state index in [-0.39, 0.29) is 6.04 Å². The Labute approximate surface area is 102 Å². The van der Waals surface area contributed by atoms with Crippen LogP contribution in [-0.2, 0) is 0 Å². The quantitative estimate of drug-likeness (QED) is 0.707. The van der Waals surface area contributed by atoms with Crippen LogP contribution < -0.4 is 16.6 Å². The van der Waals surface area contributed by atoms with Gasteiger partial charge >= 0.3 is 5.69 Å². The van der Waals surface area contributed by atoms with Gasteiger partial charge in [0.05, 0.1) is 0 Å². The van der Waals surface area contributed by atoms with E-state index < -0.39 is 28.7 Å². The summed E-state index contributed by atoms with van der Waals surface area (Å²) in [5.41, 5.74) is -2.68. The number of rotatable bonds is 2. The van der Waals surface area contributed by atoms with E-state index in [0.29, 0.717) is 0 Å². The van der Waals surface area contributed by atoms with Crippen molar-refractivity contribution in [3.05, 3.63) is 32.3 Å². The smallest absolute Gasteiger partial charge is 0.326 e. The van der Waals surface area contributed by atoms with Crippen LogP contribution in [0.2, 0.25) is 0 Å². The van der Waals surface area contributed by atoms with Gasteiger partial charge in [-0.25, -0.2) is 4.79 Å². The Balaban J connectivity index is 2.18. The van der Waals surface area contributed by atoms with E-state index in [0.717, 1.165) is 32.1 Å². The molecule has 3 N–H and O–H groups in total. The van der Waals surface area contributed by atoms with Crippen LogP contribution >= 0.6 is 0 Å². The Bertz CT molecular complexity index is 557. The molecule has 0 aromatic carbocycles. The number of hydrogen-bond acceptors (Lipinski definition) is 3. The minimum Gasteiger partial charge on any atom is -0.348 e. The molecule has 0 radical (unpaired) electrons. The highest BCUT2D eigenvalue weighted by Gasteiger charge is 2.21. The summed E-state index contributed by atoms with van der Waals surface area (Å²) in [6.07, 6.45) is 4.82. The number of H-pyrrole nitrogens is 2. The number of aromatic amines is 2. The molecule has 1 aromatic heterocycles. The van der Waals surface area contributed by atoms with Crippen LogP contribution in [0, 0.1) is 5.82 Å². The molecule has 0 atom stereocenters. The molecule has 7 heteroatoms. The van der Waals surface area contributed by atoms with Crippen molar-refractivity contribution >= 4 is 5.91 Å². The lowest BCUT2D eigenvalue weighted by Crippen LogP contribution is -2.40. The third kappa shape index (κ3) is 2.66. The van der Waals surface area contributed by atoms with Gasteiger partial charge in [-0.05, 0) is 12.8 Å². The first-order valence-electron chi connectivity index (χ1n) is 5.91. The number of aromatic nitrogens is 2. The van der Waals surface area contributed by atoms with E-state index in [4.69, 9.17) is 0 Å². The zero-order valence-electron chi connectivity index (χ0n) is 9.72. The Hall–Kier alpha value is -1.92. The molecule has 1 amide bonds. The van der Waals surface area contributed by atoms with Crippen molar-refractivity contribution in [2.75, 3.05) is 0 Å². The summed E-state index contributed by atoms with van der Waals surface area (Å²) in [4.78, 5) is 37.5. The van der Waals surface area contributed by atoms with Crippen LogP contribution in [0.25, 0.3) is 0 Å². The number of nitrogens with one attached hydrogen (secondary N) is 3. The van der Waals surface area contributed by atoms with Crippen LogP contribution in [0.4, 0.5) is 4.39 Å². The number of carbonyl (C=O) groups excluding carboxylic acids is 1. The van der Waals surface area contributed by atoms with Crippen molar-refractivity contribution in [1.29, 1.82) is 0 Å². The molecule has 18 heavy (non-hydrogen) atoms. The molecule has 2 rings (SSSR count). The molecule has 1 heterocycles. The molecule has 1 saturated carbocycles. The highest BCUT2D eigenvalue weighted by atomic mass is 19.1. The summed E-state index contributed by atoms with van der Waals surface area (Å²) in [6, 6.07) is -0.0200. The zero-order valence-corrected chi connectivity index (χ0v) is 9.72. The van der Waals surface area contributed by atoms with Crippen molar-refractivity contribution in [3.63, 3.8) is 0 Å². The molecule has 0 bridgehead atoms. The fourth-order valence-corrected chi connectivity index (χ4v) is 2.13.